The van der Waals surface area contributed by atoms with Crippen LogP contribution < -0.4 is 0 Å². The predicted octanol–water partition coefficient (Wildman–Crippen LogP) is 3.61. The molecule has 0 fully saturated rings. The van der Waals surface area contributed by atoms with E-state index in [-0.39, 0.29) is 11.6 Å². The number of hydrogen-bond acceptors (Lipinski definition) is 2. The van der Waals surface area contributed by atoms with Crippen molar-refractivity contribution in [3.63, 3.8) is 0 Å². The van der Waals surface area contributed by atoms with E-state index in [1.807, 2.05) is 42.5 Å². The third kappa shape index (κ3) is 3.29. The first-order valence-electron chi connectivity index (χ1n) is 6.55. The van der Waals surface area contributed by atoms with Gasteiger partial charge < -0.3 is 0 Å². The van der Waals surface area contributed by atoms with Gasteiger partial charge >= 0.3 is 0 Å². The molecule has 0 radical (unpaired) electrons. The fourth-order valence-corrected chi connectivity index (χ4v) is 2.06. The van der Waals surface area contributed by atoms with Gasteiger partial charge in [-0.15, -0.1) is 0 Å². The predicted molar refractivity (Wildman–Crippen MR) is 79.8 cm³/mol. The summed E-state index contributed by atoms with van der Waals surface area (Å²) >= 11 is 0. The molecule has 2 aromatic carbocycles. The van der Waals surface area contributed by atoms with Gasteiger partial charge in [-0.2, -0.15) is 0 Å². The minimum absolute atomic E-state index is 0.00717. The quantitative estimate of drug-likeness (QED) is 0.590. The Bertz CT molecular complexity index is 627. The van der Waals surface area contributed by atoms with Gasteiger partial charge in [-0.25, -0.2) is 0 Å². The lowest BCUT2D eigenvalue weighted by Gasteiger charge is -2.08. The van der Waals surface area contributed by atoms with E-state index >= 15 is 0 Å². The van der Waals surface area contributed by atoms with E-state index in [0.717, 1.165) is 5.56 Å². The molecule has 0 saturated carbocycles. The summed E-state index contributed by atoms with van der Waals surface area (Å²) in [6.07, 6.45) is 2.25. The molecule has 0 atom stereocenters. The third-order valence-corrected chi connectivity index (χ3v) is 3.17. The van der Waals surface area contributed by atoms with Crippen molar-refractivity contribution in [1.29, 1.82) is 0 Å². The van der Waals surface area contributed by atoms with Crippen LogP contribution >= 0.6 is 0 Å². The Balaban J connectivity index is 2.26. The maximum absolute atomic E-state index is 12.5. The fraction of sp³-hybridized carbons (Fsp3) is 0.111. The number of carbonyl (C=O) groups excluding carboxylic acids is 2. The fourth-order valence-electron chi connectivity index (χ4n) is 2.06. The first kappa shape index (κ1) is 13.9. The second kappa shape index (κ2) is 6.62. The molecule has 0 N–H and O–H groups in total. The molecule has 0 bridgehead atoms. The molecule has 0 amide bonds. The van der Waals surface area contributed by atoms with Crippen molar-refractivity contribution in [3.05, 3.63) is 83.9 Å². The summed E-state index contributed by atoms with van der Waals surface area (Å²) < 4.78 is 0. The largest absolute Gasteiger partial charge is 0.295 e. The highest BCUT2D eigenvalue weighted by atomic mass is 16.1. The van der Waals surface area contributed by atoms with Crippen molar-refractivity contribution in [1.82, 2.24) is 0 Å². The highest BCUT2D eigenvalue weighted by Gasteiger charge is 2.13. The average Bonchev–Trinajstić information content (AvgIpc) is 2.53. The zero-order chi connectivity index (χ0) is 14.4. The Morgan fingerprint density at radius 3 is 2.30 bits per heavy atom. The maximum Gasteiger partial charge on any atom is 0.193 e. The van der Waals surface area contributed by atoms with E-state index in [2.05, 4.69) is 6.58 Å². The Labute approximate surface area is 118 Å². The van der Waals surface area contributed by atoms with Crippen molar-refractivity contribution < 1.29 is 9.59 Å². The summed E-state index contributed by atoms with van der Waals surface area (Å²) in [6.45, 7) is 3.46. The Kier molecular flexibility index (Phi) is 4.61. The summed E-state index contributed by atoms with van der Waals surface area (Å²) in [5.74, 6) is -0.0146. The van der Waals surface area contributed by atoms with Crippen LogP contribution in [0, 0.1) is 0 Å². The Morgan fingerprint density at radius 2 is 1.60 bits per heavy atom. The summed E-state index contributed by atoms with van der Waals surface area (Å²) in [6, 6.07) is 16.6. The van der Waals surface area contributed by atoms with Crippen LogP contribution in [-0.2, 0) is 11.2 Å². The SMILES string of the molecule is C=CC(=O)CCc1ccccc1C(=O)c1ccccc1. The number of carbonyl (C=O) groups is 2. The van der Waals surface area contributed by atoms with Gasteiger partial charge in [0.15, 0.2) is 11.6 Å². The summed E-state index contributed by atoms with van der Waals surface area (Å²) in [5.41, 5.74) is 2.22. The number of allylic oxidation sites excluding steroid dienone is 1. The molecule has 0 unspecified atom stereocenters. The molecular weight excluding hydrogens is 248 g/mol. The van der Waals surface area contributed by atoms with Crippen LogP contribution in [0.5, 0.6) is 0 Å². The van der Waals surface area contributed by atoms with E-state index in [1.165, 1.54) is 6.08 Å². The lowest BCUT2D eigenvalue weighted by Crippen LogP contribution is -2.06. The summed E-state index contributed by atoms with van der Waals surface area (Å²) in [7, 11) is 0. The summed E-state index contributed by atoms with van der Waals surface area (Å²) in [5, 5.41) is 0. The molecule has 0 heterocycles. The molecule has 2 rings (SSSR count). The molecule has 2 nitrogen and oxygen atoms in total. The second-order valence-corrected chi connectivity index (χ2v) is 4.52. The van der Waals surface area contributed by atoms with Crippen LogP contribution in [0.15, 0.2) is 67.3 Å². The van der Waals surface area contributed by atoms with Crippen LogP contribution in [0.4, 0.5) is 0 Å². The number of benzene rings is 2. The van der Waals surface area contributed by atoms with Crippen LogP contribution in [0.2, 0.25) is 0 Å². The van der Waals surface area contributed by atoms with Crippen molar-refractivity contribution in [2.75, 3.05) is 0 Å². The molecule has 0 aliphatic carbocycles. The van der Waals surface area contributed by atoms with Gasteiger partial charge in [0.25, 0.3) is 0 Å². The molecule has 0 aliphatic heterocycles. The Morgan fingerprint density at radius 1 is 0.950 bits per heavy atom. The van der Waals surface area contributed by atoms with E-state index < -0.39 is 0 Å². The molecule has 2 aromatic rings. The zero-order valence-electron chi connectivity index (χ0n) is 11.2. The highest BCUT2D eigenvalue weighted by molar-refractivity contribution is 6.10. The van der Waals surface area contributed by atoms with Gasteiger partial charge in [-0.1, -0.05) is 61.2 Å². The topological polar surface area (TPSA) is 34.1 Å². The molecule has 0 saturated heterocycles. The molecule has 0 aliphatic rings. The molecule has 0 aromatic heterocycles. The van der Waals surface area contributed by atoms with Crippen LogP contribution in [-0.4, -0.2) is 11.6 Å². The van der Waals surface area contributed by atoms with E-state index in [0.29, 0.717) is 24.0 Å². The van der Waals surface area contributed by atoms with Gasteiger partial charge in [-0.05, 0) is 18.1 Å². The number of ketones is 2. The monoisotopic (exact) mass is 264 g/mol. The smallest absolute Gasteiger partial charge is 0.193 e. The molecule has 2 heteroatoms. The van der Waals surface area contributed by atoms with Crippen molar-refractivity contribution >= 4 is 11.6 Å². The van der Waals surface area contributed by atoms with Crippen molar-refractivity contribution in [3.8, 4) is 0 Å². The standard InChI is InChI=1S/C18H16O2/c1-2-16(19)13-12-14-8-6-7-11-17(14)18(20)15-9-4-3-5-10-15/h2-11H,1,12-13H2. The van der Waals surface area contributed by atoms with Gasteiger partial charge in [0.1, 0.15) is 0 Å². The third-order valence-electron chi connectivity index (χ3n) is 3.17. The van der Waals surface area contributed by atoms with Gasteiger partial charge in [0.2, 0.25) is 0 Å². The maximum atomic E-state index is 12.5. The Hall–Kier alpha value is -2.48. The van der Waals surface area contributed by atoms with Gasteiger partial charge in [0, 0.05) is 17.5 Å². The zero-order valence-corrected chi connectivity index (χ0v) is 11.2. The minimum Gasteiger partial charge on any atom is -0.295 e. The van der Waals surface area contributed by atoms with Gasteiger partial charge in [-0.3, -0.25) is 9.59 Å². The van der Waals surface area contributed by atoms with Crippen LogP contribution in [0.1, 0.15) is 27.9 Å². The average molecular weight is 264 g/mol. The highest BCUT2D eigenvalue weighted by Crippen LogP contribution is 2.16. The first-order valence-corrected chi connectivity index (χ1v) is 6.55. The van der Waals surface area contributed by atoms with E-state index in [4.69, 9.17) is 0 Å². The number of aryl methyl sites for hydroxylation is 1. The molecular formula is C18H16O2. The van der Waals surface area contributed by atoms with Crippen molar-refractivity contribution in [2.45, 2.75) is 12.8 Å². The lowest BCUT2D eigenvalue weighted by atomic mass is 9.95. The van der Waals surface area contributed by atoms with E-state index in [9.17, 15) is 9.59 Å². The van der Waals surface area contributed by atoms with Crippen LogP contribution in [0.3, 0.4) is 0 Å². The normalized spacial score (nSPS) is 10.0. The molecule has 100 valence electrons. The molecule has 20 heavy (non-hydrogen) atoms. The molecule has 0 spiro atoms. The minimum atomic E-state index is -0.00744. The van der Waals surface area contributed by atoms with E-state index in [1.54, 1.807) is 12.1 Å². The van der Waals surface area contributed by atoms with Crippen molar-refractivity contribution in [2.24, 2.45) is 0 Å². The first-order chi connectivity index (χ1) is 9.72. The number of hydrogen-bond donors (Lipinski definition) is 0. The van der Waals surface area contributed by atoms with Crippen LogP contribution in [0.25, 0.3) is 0 Å². The number of rotatable bonds is 6. The second-order valence-electron chi connectivity index (χ2n) is 4.52. The lowest BCUT2D eigenvalue weighted by molar-refractivity contribution is -0.114. The van der Waals surface area contributed by atoms with Gasteiger partial charge in [0.05, 0.1) is 0 Å². The summed E-state index contributed by atoms with van der Waals surface area (Å²) in [4.78, 5) is 23.8.